The van der Waals surface area contributed by atoms with E-state index in [9.17, 15) is 23.3 Å². The van der Waals surface area contributed by atoms with Crippen molar-refractivity contribution in [1.29, 1.82) is 5.26 Å². The van der Waals surface area contributed by atoms with Crippen LogP contribution in [0.3, 0.4) is 0 Å². The Bertz CT molecular complexity index is 1080. The highest BCUT2D eigenvalue weighted by Crippen LogP contribution is 2.17. The molecule has 8 nitrogen and oxygen atoms in total. The highest BCUT2D eigenvalue weighted by molar-refractivity contribution is 5.83. The first-order valence-corrected chi connectivity index (χ1v) is 9.09. The number of nitrogens with zero attached hydrogens (tertiary/aromatic N) is 2. The van der Waals surface area contributed by atoms with Gasteiger partial charge >= 0.3 is 0 Å². The van der Waals surface area contributed by atoms with E-state index in [0.717, 1.165) is 16.9 Å². The van der Waals surface area contributed by atoms with Gasteiger partial charge in [-0.1, -0.05) is 0 Å². The number of carbonyl (C=O) groups excluding carboxylic acids is 1. The second kappa shape index (κ2) is 8.05. The monoisotopic (exact) mass is 404 g/mol. The number of halogens is 2. The van der Waals surface area contributed by atoms with Crippen molar-refractivity contribution in [2.45, 2.75) is 44.4 Å². The molecule has 0 aliphatic carbocycles. The van der Waals surface area contributed by atoms with Crippen molar-refractivity contribution in [3.05, 3.63) is 50.7 Å². The van der Waals surface area contributed by atoms with E-state index >= 15 is 0 Å². The average Bonchev–Trinajstić information content (AvgIpc) is 2.63. The van der Waals surface area contributed by atoms with Crippen LogP contribution in [0.15, 0.2) is 23.0 Å². The molecular formula is C19H20F2N5O3+. The number of hydrogen-bond donors (Lipinski definition) is 3. The van der Waals surface area contributed by atoms with Gasteiger partial charge in [0.15, 0.2) is 17.7 Å². The SMILES string of the molecule is CC1NC(C#N)C[N+](=O)C1[C@@H](C)NC(=O)Cc1cc2cc(F)c(F)cc2[nH]c1=O. The lowest BCUT2D eigenvalue weighted by molar-refractivity contribution is -0.603. The van der Waals surface area contributed by atoms with Crippen LogP contribution in [-0.4, -0.2) is 46.4 Å². The zero-order chi connectivity index (χ0) is 21.3. The molecule has 3 rings (SSSR count). The van der Waals surface area contributed by atoms with Crippen LogP contribution < -0.4 is 16.2 Å². The van der Waals surface area contributed by atoms with Crippen LogP contribution in [0.1, 0.15) is 19.4 Å². The second-order valence-electron chi connectivity index (χ2n) is 7.24. The van der Waals surface area contributed by atoms with Crippen molar-refractivity contribution in [3.63, 3.8) is 0 Å². The summed E-state index contributed by atoms with van der Waals surface area (Å²) in [5, 5.41) is 14.9. The van der Waals surface area contributed by atoms with E-state index < -0.39 is 41.2 Å². The number of piperazine rings is 1. The van der Waals surface area contributed by atoms with Gasteiger partial charge in [0.05, 0.1) is 30.1 Å². The fourth-order valence-electron chi connectivity index (χ4n) is 3.72. The average molecular weight is 404 g/mol. The maximum Gasteiger partial charge on any atom is 0.252 e. The quantitative estimate of drug-likeness (QED) is 0.654. The van der Waals surface area contributed by atoms with Crippen LogP contribution in [0.2, 0.25) is 0 Å². The van der Waals surface area contributed by atoms with E-state index in [1.807, 2.05) is 6.07 Å². The highest BCUT2D eigenvalue weighted by Gasteiger charge is 2.44. The lowest BCUT2D eigenvalue weighted by atomic mass is 9.97. The Morgan fingerprint density at radius 1 is 1.38 bits per heavy atom. The highest BCUT2D eigenvalue weighted by atomic mass is 19.2. The molecule has 1 aliphatic rings. The molecule has 1 aliphatic heterocycles. The summed E-state index contributed by atoms with van der Waals surface area (Å²) in [6, 6.07) is 3.11. The number of H-pyrrole nitrogens is 1. The van der Waals surface area contributed by atoms with Crippen molar-refractivity contribution in [2.24, 2.45) is 0 Å². The van der Waals surface area contributed by atoms with Crippen LogP contribution in [-0.2, 0) is 11.2 Å². The van der Waals surface area contributed by atoms with E-state index in [4.69, 9.17) is 5.26 Å². The smallest absolute Gasteiger partial charge is 0.252 e. The fourth-order valence-corrected chi connectivity index (χ4v) is 3.72. The van der Waals surface area contributed by atoms with Crippen molar-refractivity contribution >= 4 is 16.8 Å². The molecule has 10 heteroatoms. The molecule has 0 spiro atoms. The number of amides is 1. The molecule has 3 N–H and O–H groups in total. The molecule has 0 saturated carbocycles. The van der Waals surface area contributed by atoms with Gasteiger partial charge < -0.3 is 10.3 Å². The minimum atomic E-state index is -1.08. The summed E-state index contributed by atoms with van der Waals surface area (Å²) in [4.78, 5) is 39.3. The molecule has 2 aromatic rings. The first-order chi connectivity index (χ1) is 13.7. The number of pyridine rings is 1. The second-order valence-corrected chi connectivity index (χ2v) is 7.24. The Balaban J connectivity index is 1.73. The molecule has 29 heavy (non-hydrogen) atoms. The summed E-state index contributed by atoms with van der Waals surface area (Å²) in [5.74, 6) is -2.63. The van der Waals surface area contributed by atoms with Gasteiger partial charge in [0.25, 0.3) is 5.56 Å². The van der Waals surface area contributed by atoms with Gasteiger partial charge in [-0.15, -0.1) is 0 Å². The van der Waals surface area contributed by atoms with E-state index in [1.54, 1.807) is 13.8 Å². The number of fused-ring (bicyclic) bond motifs is 1. The van der Waals surface area contributed by atoms with Crippen molar-refractivity contribution < 1.29 is 18.3 Å². The largest absolute Gasteiger partial charge is 0.346 e. The standard InChI is InChI=1S/C19H19F2N5O3/c1-9-18(26(29)8-13(7-22)23-9)10(2)24-17(27)5-12-3-11-4-14(20)15(21)6-16(11)25-19(12)28/h3-4,6,9-10,13,18,23H,5,8H2,1-2H3,(H-,24,25,27,28)/p+1/t9?,10-,13?,18?/m1/s1. The van der Waals surface area contributed by atoms with Gasteiger partial charge in [0, 0.05) is 26.7 Å². The van der Waals surface area contributed by atoms with E-state index in [2.05, 4.69) is 15.6 Å². The Labute approximate surface area is 164 Å². The summed E-state index contributed by atoms with van der Waals surface area (Å²) < 4.78 is 27.5. The molecule has 1 aromatic heterocycles. The van der Waals surface area contributed by atoms with Crippen LogP contribution in [0.4, 0.5) is 8.78 Å². The first kappa shape index (κ1) is 20.5. The zero-order valence-corrected chi connectivity index (χ0v) is 15.8. The molecule has 1 amide bonds. The molecule has 1 fully saturated rings. The molecule has 152 valence electrons. The number of nitriles is 1. The van der Waals surface area contributed by atoms with E-state index in [0.29, 0.717) is 0 Å². The van der Waals surface area contributed by atoms with Crippen molar-refractivity contribution in [1.82, 2.24) is 15.6 Å². The number of aromatic nitrogens is 1. The molecule has 2 heterocycles. The number of aromatic amines is 1. The third-order valence-corrected chi connectivity index (χ3v) is 5.04. The molecule has 3 unspecified atom stereocenters. The van der Waals surface area contributed by atoms with Gasteiger partial charge in [0.2, 0.25) is 18.5 Å². The van der Waals surface area contributed by atoms with Gasteiger partial charge in [-0.3, -0.25) is 14.9 Å². The summed E-state index contributed by atoms with van der Waals surface area (Å²) in [6.07, 6.45) is -0.289. The van der Waals surface area contributed by atoms with Gasteiger partial charge in [0.1, 0.15) is 0 Å². The number of rotatable bonds is 4. The predicted molar refractivity (Wildman–Crippen MR) is 100 cm³/mol. The lowest BCUT2D eigenvalue weighted by Crippen LogP contribution is -2.63. The number of hydrogen-bond acceptors (Lipinski definition) is 5. The van der Waals surface area contributed by atoms with Crippen LogP contribution in [0.25, 0.3) is 10.9 Å². The maximum absolute atomic E-state index is 13.4. The van der Waals surface area contributed by atoms with Gasteiger partial charge in [-0.2, -0.15) is 5.26 Å². The van der Waals surface area contributed by atoms with Crippen LogP contribution >= 0.6 is 0 Å². The van der Waals surface area contributed by atoms with Gasteiger partial charge in [-0.05, 0) is 26.0 Å². The van der Waals surface area contributed by atoms with Crippen molar-refractivity contribution in [3.8, 4) is 6.07 Å². The third kappa shape index (κ3) is 4.30. The molecular weight excluding hydrogens is 384 g/mol. The number of nitroso groups, excluding NO2 is 1. The number of nitrogens with one attached hydrogen (secondary N) is 3. The number of carbonyl (C=O) groups is 1. The Morgan fingerprint density at radius 2 is 2.07 bits per heavy atom. The Hall–Kier alpha value is -3.19. The molecule has 1 saturated heterocycles. The van der Waals surface area contributed by atoms with E-state index in [1.165, 1.54) is 6.07 Å². The summed E-state index contributed by atoms with van der Waals surface area (Å²) in [7, 11) is 0. The third-order valence-electron chi connectivity index (χ3n) is 5.04. The maximum atomic E-state index is 13.4. The molecule has 4 atom stereocenters. The number of benzene rings is 1. The fraction of sp³-hybridized carbons (Fsp3) is 0.421. The summed E-state index contributed by atoms with van der Waals surface area (Å²) in [5.41, 5.74) is -0.365. The summed E-state index contributed by atoms with van der Waals surface area (Å²) >= 11 is 0. The van der Waals surface area contributed by atoms with Gasteiger partial charge in [-0.25, -0.2) is 8.78 Å². The predicted octanol–water partition coefficient (Wildman–Crippen LogP) is 0.885. The Morgan fingerprint density at radius 3 is 2.72 bits per heavy atom. The molecule has 1 aromatic carbocycles. The minimum absolute atomic E-state index is 0.0157. The first-order valence-electron chi connectivity index (χ1n) is 9.09. The topological polar surface area (TPSA) is 118 Å². The molecule has 0 bridgehead atoms. The van der Waals surface area contributed by atoms with E-state index in [-0.39, 0.29) is 35.5 Å². The Kier molecular flexibility index (Phi) is 5.70. The zero-order valence-electron chi connectivity index (χ0n) is 15.8. The lowest BCUT2D eigenvalue weighted by Gasteiger charge is -2.29. The van der Waals surface area contributed by atoms with Crippen molar-refractivity contribution in [2.75, 3.05) is 6.54 Å². The minimum Gasteiger partial charge on any atom is -0.346 e. The van der Waals surface area contributed by atoms with Crippen LogP contribution in [0.5, 0.6) is 0 Å². The normalized spacial score (nSPS) is 22.9. The molecule has 0 radical (unpaired) electrons. The van der Waals surface area contributed by atoms with Crippen LogP contribution in [0, 0.1) is 27.9 Å². The summed E-state index contributed by atoms with van der Waals surface area (Å²) in [6.45, 7) is 3.41.